The molecular formula is C15H12ClF3N4O2S. The molecule has 3 aromatic rings. The maximum atomic E-state index is 15.3. The molecule has 0 saturated carbocycles. The van der Waals surface area contributed by atoms with E-state index in [4.69, 9.17) is 11.6 Å². The van der Waals surface area contributed by atoms with Crippen LogP contribution < -0.4 is 0 Å². The van der Waals surface area contributed by atoms with Gasteiger partial charge in [0.2, 0.25) is 10.0 Å². The number of rotatable bonds is 5. The van der Waals surface area contributed by atoms with Crippen LogP contribution >= 0.6 is 11.6 Å². The third kappa shape index (κ3) is 2.93. The first kappa shape index (κ1) is 18.6. The van der Waals surface area contributed by atoms with Crippen LogP contribution in [-0.4, -0.2) is 40.8 Å². The maximum absolute atomic E-state index is 15.3. The minimum absolute atomic E-state index is 0.0136. The van der Waals surface area contributed by atoms with Crippen molar-refractivity contribution >= 4 is 27.3 Å². The Morgan fingerprint density at radius 3 is 2.50 bits per heavy atom. The second-order valence-corrected chi connectivity index (χ2v) is 7.78. The fraction of sp³-hybridized carbons (Fsp3) is 0.200. The monoisotopic (exact) mass is 404 g/mol. The topological polar surface area (TPSA) is 67.6 Å². The van der Waals surface area contributed by atoms with Crippen LogP contribution in [0.4, 0.5) is 13.2 Å². The Hall–Kier alpha value is -2.17. The Morgan fingerprint density at radius 2 is 1.88 bits per heavy atom. The summed E-state index contributed by atoms with van der Waals surface area (Å²) in [7, 11) is -3.91. The predicted octanol–water partition coefficient (Wildman–Crippen LogP) is 3.09. The van der Waals surface area contributed by atoms with Crippen LogP contribution in [0.2, 0.25) is 5.02 Å². The maximum Gasteiger partial charge on any atom is 0.290 e. The number of halogens is 4. The molecule has 1 aromatic carbocycles. The van der Waals surface area contributed by atoms with E-state index in [9.17, 15) is 17.2 Å². The first-order valence-corrected chi connectivity index (χ1v) is 9.00. The highest BCUT2D eigenvalue weighted by Crippen LogP contribution is 2.39. The SMILES string of the molecule is CN(C(F)(c1ccc(Cl)cc1)C(F)F)S(=O)(=O)c1cnc2ccnn2c1. The fourth-order valence-electron chi connectivity index (χ4n) is 2.39. The van der Waals surface area contributed by atoms with E-state index in [0.29, 0.717) is 5.65 Å². The van der Waals surface area contributed by atoms with E-state index >= 15 is 4.39 Å². The Morgan fingerprint density at radius 1 is 1.23 bits per heavy atom. The van der Waals surface area contributed by atoms with Crippen LogP contribution in [-0.2, 0) is 15.8 Å². The molecule has 2 aromatic heterocycles. The summed E-state index contributed by atoms with van der Waals surface area (Å²) in [4.78, 5) is 3.39. The Balaban J connectivity index is 2.10. The number of fused-ring (bicyclic) bond motifs is 1. The Kier molecular flexibility index (Phi) is 4.67. The highest BCUT2D eigenvalue weighted by atomic mass is 35.5. The quantitative estimate of drug-likeness (QED) is 0.613. The van der Waals surface area contributed by atoms with Crippen LogP contribution in [0.5, 0.6) is 0 Å². The molecule has 0 N–H and O–H groups in total. The van der Waals surface area contributed by atoms with Crippen molar-refractivity contribution in [1.29, 1.82) is 0 Å². The van der Waals surface area contributed by atoms with Crippen molar-refractivity contribution in [1.82, 2.24) is 18.9 Å². The van der Waals surface area contributed by atoms with Crippen molar-refractivity contribution in [2.45, 2.75) is 17.1 Å². The van der Waals surface area contributed by atoms with Gasteiger partial charge in [-0.05, 0) is 12.1 Å². The van der Waals surface area contributed by atoms with Gasteiger partial charge in [-0.25, -0.2) is 31.1 Å². The van der Waals surface area contributed by atoms with Crippen molar-refractivity contribution in [3.8, 4) is 0 Å². The van der Waals surface area contributed by atoms with Gasteiger partial charge >= 0.3 is 0 Å². The minimum atomic E-state index is -4.65. The van der Waals surface area contributed by atoms with Gasteiger partial charge in [-0.2, -0.15) is 9.40 Å². The zero-order valence-corrected chi connectivity index (χ0v) is 14.8. The van der Waals surface area contributed by atoms with Crippen LogP contribution in [0.15, 0.2) is 53.8 Å². The van der Waals surface area contributed by atoms with Crippen molar-refractivity contribution in [3.63, 3.8) is 0 Å². The van der Waals surface area contributed by atoms with Gasteiger partial charge in [0.05, 0.1) is 18.6 Å². The van der Waals surface area contributed by atoms with Gasteiger partial charge in [0.15, 0.2) is 5.65 Å². The number of hydrogen-bond acceptors (Lipinski definition) is 4. The van der Waals surface area contributed by atoms with Gasteiger partial charge in [0.1, 0.15) is 4.90 Å². The fourth-order valence-corrected chi connectivity index (χ4v) is 3.78. The molecular weight excluding hydrogens is 393 g/mol. The number of alkyl halides is 3. The summed E-state index contributed by atoms with van der Waals surface area (Å²) < 4.78 is 69.2. The second kappa shape index (κ2) is 6.53. The number of nitrogens with zero attached hydrogens (tertiary/aromatic N) is 4. The lowest BCUT2D eigenvalue weighted by atomic mass is 10.1. The molecule has 0 aliphatic heterocycles. The lowest BCUT2D eigenvalue weighted by Crippen LogP contribution is -2.48. The third-order valence-electron chi connectivity index (χ3n) is 3.88. The summed E-state index contributed by atoms with van der Waals surface area (Å²) >= 11 is 5.69. The first-order chi connectivity index (χ1) is 12.2. The van der Waals surface area contributed by atoms with E-state index in [-0.39, 0.29) is 9.33 Å². The summed E-state index contributed by atoms with van der Waals surface area (Å²) in [6.07, 6.45) is -0.238. The largest absolute Gasteiger partial charge is 0.290 e. The number of sulfonamides is 1. The van der Waals surface area contributed by atoms with Crippen LogP contribution in [0.3, 0.4) is 0 Å². The highest BCUT2D eigenvalue weighted by Gasteiger charge is 2.51. The van der Waals surface area contributed by atoms with Gasteiger partial charge in [-0.1, -0.05) is 23.7 Å². The van der Waals surface area contributed by atoms with E-state index in [2.05, 4.69) is 10.1 Å². The summed E-state index contributed by atoms with van der Waals surface area (Å²) in [5, 5.41) is 4.03. The van der Waals surface area contributed by atoms with Crippen molar-refractivity contribution in [2.24, 2.45) is 0 Å². The minimum Gasteiger partial charge on any atom is -0.236 e. The third-order valence-corrected chi connectivity index (χ3v) is 5.92. The van der Waals surface area contributed by atoms with E-state index in [1.54, 1.807) is 0 Å². The lowest BCUT2D eigenvalue weighted by Gasteiger charge is -2.33. The average Bonchev–Trinajstić information content (AvgIpc) is 3.08. The molecule has 1 atom stereocenters. The van der Waals surface area contributed by atoms with E-state index in [1.807, 2.05) is 0 Å². The molecule has 3 rings (SSSR count). The van der Waals surface area contributed by atoms with Crippen molar-refractivity contribution in [2.75, 3.05) is 7.05 Å². The Labute approximate surface area is 151 Å². The zero-order valence-electron chi connectivity index (χ0n) is 13.2. The van der Waals surface area contributed by atoms with Crippen LogP contribution in [0.1, 0.15) is 5.56 Å². The zero-order chi connectivity index (χ0) is 19.1. The smallest absolute Gasteiger partial charge is 0.236 e. The number of hydrogen-bond donors (Lipinski definition) is 0. The number of aromatic nitrogens is 3. The van der Waals surface area contributed by atoms with E-state index in [1.165, 1.54) is 24.4 Å². The van der Waals surface area contributed by atoms with Gasteiger partial charge in [-0.15, -0.1) is 0 Å². The molecule has 0 amide bonds. The summed E-state index contributed by atoms with van der Waals surface area (Å²) in [5.41, 5.74) is -0.194. The molecule has 11 heteroatoms. The molecule has 1 unspecified atom stereocenters. The summed E-state index contributed by atoms with van der Waals surface area (Å²) in [6.45, 7) is 0. The van der Waals surface area contributed by atoms with E-state index in [0.717, 1.165) is 36.1 Å². The normalized spacial score (nSPS) is 14.9. The second-order valence-electron chi connectivity index (χ2n) is 5.38. The molecule has 0 spiro atoms. The summed E-state index contributed by atoms with van der Waals surface area (Å²) in [6, 6.07) is 5.94. The summed E-state index contributed by atoms with van der Waals surface area (Å²) in [5.74, 6) is -3.59. The Bertz CT molecular complexity index is 1040. The molecule has 0 saturated heterocycles. The van der Waals surface area contributed by atoms with Gasteiger partial charge in [-0.3, -0.25) is 0 Å². The molecule has 0 fully saturated rings. The predicted molar refractivity (Wildman–Crippen MR) is 88.2 cm³/mol. The number of benzene rings is 1. The molecule has 6 nitrogen and oxygen atoms in total. The standard InChI is InChI=1S/C15H12ClF3N4O2S/c1-22(15(19,14(17)18)10-2-4-11(16)5-3-10)26(24,25)12-8-20-13-6-7-21-23(13)9-12/h2-9,14H,1H3. The molecule has 2 heterocycles. The van der Waals surface area contributed by atoms with Crippen molar-refractivity contribution in [3.05, 3.63) is 59.5 Å². The van der Waals surface area contributed by atoms with Gasteiger partial charge in [0.25, 0.3) is 12.2 Å². The van der Waals surface area contributed by atoms with Crippen molar-refractivity contribution < 1.29 is 21.6 Å². The van der Waals surface area contributed by atoms with E-state index < -0.39 is 32.7 Å². The first-order valence-electron chi connectivity index (χ1n) is 7.19. The molecule has 0 aliphatic rings. The molecule has 0 aliphatic carbocycles. The highest BCUT2D eigenvalue weighted by molar-refractivity contribution is 7.89. The molecule has 0 radical (unpaired) electrons. The average molecular weight is 405 g/mol. The molecule has 0 bridgehead atoms. The van der Waals surface area contributed by atoms with Crippen LogP contribution in [0, 0.1) is 0 Å². The molecule has 138 valence electrons. The lowest BCUT2D eigenvalue weighted by molar-refractivity contribution is -0.104. The van der Waals surface area contributed by atoms with Gasteiger partial charge in [0, 0.05) is 23.7 Å². The van der Waals surface area contributed by atoms with Crippen LogP contribution in [0.25, 0.3) is 5.65 Å². The molecule has 26 heavy (non-hydrogen) atoms. The van der Waals surface area contributed by atoms with Gasteiger partial charge < -0.3 is 0 Å².